The van der Waals surface area contributed by atoms with Crippen molar-refractivity contribution in [2.75, 3.05) is 20.3 Å². The van der Waals surface area contributed by atoms with Crippen LogP contribution in [0.15, 0.2) is 24.3 Å². The van der Waals surface area contributed by atoms with Crippen LogP contribution in [0.5, 0.6) is 11.5 Å². The molecule has 0 heterocycles. The van der Waals surface area contributed by atoms with Crippen molar-refractivity contribution in [2.45, 2.75) is 25.8 Å². The summed E-state index contributed by atoms with van der Waals surface area (Å²) in [5, 5.41) is 3.28. The minimum atomic E-state index is 0.135. The first-order valence-corrected chi connectivity index (χ1v) is 6.27. The molecule has 0 saturated carbocycles. The van der Waals surface area contributed by atoms with Crippen LogP contribution in [-0.4, -0.2) is 26.3 Å². The fraction of sp³-hybridized carbons (Fsp3) is 0.467. The fourth-order valence-electron chi connectivity index (χ4n) is 1.67. The third-order valence-electron chi connectivity index (χ3n) is 2.60. The summed E-state index contributed by atoms with van der Waals surface area (Å²) in [7, 11) is 1.63. The number of hydrogen-bond donors (Lipinski definition) is 1. The molecular weight excluding hydrogens is 226 g/mol. The van der Waals surface area contributed by atoms with Gasteiger partial charge < -0.3 is 14.8 Å². The summed E-state index contributed by atoms with van der Waals surface area (Å²) in [5.74, 6) is 4.24. The highest BCUT2D eigenvalue weighted by atomic mass is 16.5. The van der Waals surface area contributed by atoms with Crippen molar-refractivity contribution < 1.29 is 9.47 Å². The number of rotatable bonds is 8. The molecule has 0 aromatic heterocycles. The van der Waals surface area contributed by atoms with E-state index in [0.717, 1.165) is 30.9 Å². The first-order valence-electron chi connectivity index (χ1n) is 6.27. The van der Waals surface area contributed by atoms with Gasteiger partial charge in [-0.05, 0) is 18.6 Å². The Hall–Kier alpha value is -1.66. The summed E-state index contributed by atoms with van der Waals surface area (Å²) in [5.41, 5.74) is 0. The molecular formula is C15H21NO2. The van der Waals surface area contributed by atoms with Crippen molar-refractivity contribution in [2.24, 2.45) is 0 Å². The van der Waals surface area contributed by atoms with Crippen molar-refractivity contribution in [1.82, 2.24) is 5.32 Å². The average Bonchev–Trinajstić information content (AvgIpc) is 2.42. The molecule has 0 fully saturated rings. The second-order valence-corrected chi connectivity index (χ2v) is 3.96. The van der Waals surface area contributed by atoms with Gasteiger partial charge in [0.2, 0.25) is 0 Å². The first kappa shape index (κ1) is 14.4. The molecule has 0 saturated heterocycles. The summed E-state index contributed by atoms with van der Waals surface area (Å²) < 4.78 is 10.9. The number of nitrogens with one attached hydrogen (secondary N) is 1. The van der Waals surface area contributed by atoms with E-state index in [1.807, 2.05) is 24.3 Å². The number of para-hydroxylation sites is 2. The average molecular weight is 247 g/mol. The van der Waals surface area contributed by atoms with Crippen molar-refractivity contribution >= 4 is 0 Å². The second-order valence-electron chi connectivity index (χ2n) is 3.96. The lowest BCUT2D eigenvalue weighted by Crippen LogP contribution is -2.31. The number of ether oxygens (including phenoxy) is 2. The lowest BCUT2D eigenvalue weighted by molar-refractivity contribution is 0.289. The van der Waals surface area contributed by atoms with E-state index in [2.05, 4.69) is 18.2 Å². The highest BCUT2D eigenvalue weighted by molar-refractivity contribution is 5.39. The molecule has 1 aromatic rings. The lowest BCUT2D eigenvalue weighted by Gasteiger charge is -2.13. The van der Waals surface area contributed by atoms with Gasteiger partial charge in [0.25, 0.3) is 0 Å². The highest BCUT2D eigenvalue weighted by Gasteiger charge is 2.04. The molecule has 0 amide bonds. The Morgan fingerprint density at radius 2 is 2.06 bits per heavy atom. The number of hydrogen-bond acceptors (Lipinski definition) is 3. The lowest BCUT2D eigenvalue weighted by atomic mass is 10.2. The van der Waals surface area contributed by atoms with E-state index >= 15 is 0 Å². The van der Waals surface area contributed by atoms with E-state index in [1.54, 1.807) is 7.11 Å². The zero-order valence-electron chi connectivity index (χ0n) is 11.1. The molecule has 1 unspecified atom stereocenters. The largest absolute Gasteiger partial charge is 0.493 e. The third kappa shape index (κ3) is 4.68. The molecule has 0 aliphatic carbocycles. The van der Waals surface area contributed by atoms with Gasteiger partial charge in [0.15, 0.2) is 11.5 Å². The summed E-state index contributed by atoms with van der Waals surface area (Å²) in [6.07, 6.45) is 7.49. The normalized spacial score (nSPS) is 11.6. The van der Waals surface area contributed by atoms with Gasteiger partial charge in [-0.3, -0.25) is 0 Å². The van der Waals surface area contributed by atoms with Gasteiger partial charge >= 0.3 is 0 Å². The van der Waals surface area contributed by atoms with E-state index in [0.29, 0.717) is 6.61 Å². The zero-order valence-corrected chi connectivity index (χ0v) is 11.1. The Morgan fingerprint density at radius 1 is 1.33 bits per heavy atom. The van der Waals surface area contributed by atoms with Crippen LogP contribution in [0.3, 0.4) is 0 Å². The molecule has 0 spiro atoms. The maximum Gasteiger partial charge on any atom is 0.161 e. The summed E-state index contributed by atoms with van der Waals surface area (Å²) in [6.45, 7) is 3.42. The van der Waals surface area contributed by atoms with Gasteiger partial charge in [-0.25, -0.2) is 0 Å². The molecule has 1 N–H and O–H groups in total. The van der Waals surface area contributed by atoms with Crippen LogP contribution in [0.25, 0.3) is 0 Å². The second kappa shape index (κ2) is 8.43. The smallest absolute Gasteiger partial charge is 0.161 e. The fourth-order valence-corrected chi connectivity index (χ4v) is 1.67. The molecule has 1 aromatic carbocycles. The molecule has 1 rings (SSSR count). The monoisotopic (exact) mass is 247 g/mol. The minimum absolute atomic E-state index is 0.135. The van der Waals surface area contributed by atoms with Gasteiger partial charge in [0, 0.05) is 6.54 Å². The van der Waals surface area contributed by atoms with Gasteiger partial charge in [-0.15, -0.1) is 6.42 Å². The van der Waals surface area contributed by atoms with Gasteiger partial charge in [-0.2, -0.15) is 0 Å². The van der Waals surface area contributed by atoms with E-state index in [1.165, 1.54) is 0 Å². The highest BCUT2D eigenvalue weighted by Crippen LogP contribution is 2.25. The molecule has 0 bridgehead atoms. The maximum atomic E-state index is 5.64. The van der Waals surface area contributed by atoms with Crippen LogP contribution >= 0.6 is 0 Å². The van der Waals surface area contributed by atoms with Gasteiger partial charge in [-0.1, -0.05) is 31.4 Å². The third-order valence-corrected chi connectivity index (χ3v) is 2.60. The summed E-state index contributed by atoms with van der Waals surface area (Å²) in [4.78, 5) is 0. The molecule has 0 aliphatic heterocycles. The predicted octanol–water partition coefficient (Wildman–Crippen LogP) is 2.47. The molecule has 18 heavy (non-hydrogen) atoms. The van der Waals surface area contributed by atoms with Crippen molar-refractivity contribution in [1.29, 1.82) is 0 Å². The van der Waals surface area contributed by atoms with E-state index < -0.39 is 0 Å². The SMILES string of the molecule is C#CC(CCC)NCCOc1ccccc1OC. The van der Waals surface area contributed by atoms with E-state index in [4.69, 9.17) is 15.9 Å². The molecule has 98 valence electrons. The standard InChI is InChI=1S/C15H21NO2/c1-4-8-13(5-2)16-11-12-18-15-10-7-6-9-14(15)17-3/h2,6-7,9-10,13,16H,4,8,11-12H2,1,3H3. The number of benzene rings is 1. The zero-order chi connectivity index (χ0) is 13.2. The van der Waals surface area contributed by atoms with Crippen LogP contribution in [0.1, 0.15) is 19.8 Å². The number of terminal acetylenes is 1. The molecule has 0 aliphatic rings. The van der Waals surface area contributed by atoms with Crippen LogP contribution in [0.2, 0.25) is 0 Å². The summed E-state index contributed by atoms with van der Waals surface area (Å²) in [6, 6.07) is 7.75. The Kier molecular flexibility index (Phi) is 6.75. The Bertz CT molecular complexity index is 384. The van der Waals surface area contributed by atoms with Crippen LogP contribution in [0.4, 0.5) is 0 Å². The van der Waals surface area contributed by atoms with E-state index in [9.17, 15) is 0 Å². The van der Waals surface area contributed by atoms with Crippen molar-refractivity contribution in [3.05, 3.63) is 24.3 Å². The van der Waals surface area contributed by atoms with E-state index in [-0.39, 0.29) is 6.04 Å². The van der Waals surface area contributed by atoms with Crippen LogP contribution < -0.4 is 14.8 Å². The minimum Gasteiger partial charge on any atom is -0.493 e. The van der Waals surface area contributed by atoms with Crippen LogP contribution in [0, 0.1) is 12.3 Å². The predicted molar refractivity (Wildman–Crippen MR) is 74.0 cm³/mol. The Balaban J connectivity index is 2.31. The van der Waals surface area contributed by atoms with Gasteiger partial charge in [0.1, 0.15) is 6.61 Å². The van der Waals surface area contributed by atoms with Crippen molar-refractivity contribution in [3.63, 3.8) is 0 Å². The van der Waals surface area contributed by atoms with Crippen LogP contribution in [-0.2, 0) is 0 Å². The molecule has 3 nitrogen and oxygen atoms in total. The Morgan fingerprint density at radius 3 is 2.67 bits per heavy atom. The van der Waals surface area contributed by atoms with Crippen molar-refractivity contribution in [3.8, 4) is 23.8 Å². The Labute approximate surface area is 109 Å². The summed E-state index contributed by atoms with van der Waals surface area (Å²) >= 11 is 0. The molecule has 0 radical (unpaired) electrons. The molecule has 3 heteroatoms. The maximum absolute atomic E-state index is 5.64. The van der Waals surface area contributed by atoms with Gasteiger partial charge in [0.05, 0.1) is 13.2 Å². The quantitative estimate of drug-likeness (QED) is 0.565. The first-order chi connectivity index (χ1) is 8.81. The topological polar surface area (TPSA) is 30.5 Å². The molecule has 1 atom stereocenters. The number of methoxy groups -OCH3 is 1.